The van der Waals surface area contributed by atoms with Crippen LogP contribution in [0.4, 0.5) is 37.8 Å². The largest absolute Gasteiger partial charge is 0.423 e. The van der Waals surface area contributed by atoms with E-state index in [1.54, 1.807) is 17.0 Å². The lowest BCUT2D eigenvalue weighted by atomic mass is 10.0. The molecule has 1 fully saturated rings. The molecule has 3 aromatic rings. The number of piperazine rings is 1. The molecule has 0 bridgehead atoms. The highest BCUT2D eigenvalue weighted by Gasteiger charge is 2.41. The molecule has 2 N–H and O–H groups in total. The molecule has 0 radical (unpaired) electrons. The fourth-order valence-corrected chi connectivity index (χ4v) is 5.34. The van der Waals surface area contributed by atoms with Gasteiger partial charge in [-0.15, -0.1) is 0 Å². The highest BCUT2D eigenvalue weighted by Crippen LogP contribution is 2.41. The van der Waals surface area contributed by atoms with Crippen molar-refractivity contribution in [3.05, 3.63) is 81.4 Å². The fraction of sp³-hybridized carbons (Fsp3) is 0.407. The maximum Gasteiger partial charge on any atom is 0.423 e. The van der Waals surface area contributed by atoms with Crippen molar-refractivity contribution in [3.63, 3.8) is 0 Å². The minimum atomic E-state index is -4.88. The average molecular weight is 596 g/mol. The topological polar surface area (TPSA) is 97.5 Å². The number of benzene rings is 1. The average Bonchev–Trinajstić information content (AvgIpc) is 3.32. The SMILES string of the molecule is O=C(CCNC[C@@H]1c2ccccc2CN1c1cn[nH]c(=O)c1C(F)(F)F)N1CCN(c2ccc(C(F)(F)F)cn2)CC1. The Kier molecular flexibility index (Phi) is 8.12. The maximum atomic E-state index is 13.8. The number of H-pyrrole nitrogens is 1. The summed E-state index contributed by atoms with van der Waals surface area (Å²) in [4.78, 5) is 33.8. The van der Waals surface area contributed by atoms with Crippen molar-refractivity contribution < 1.29 is 31.1 Å². The highest BCUT2D eigenvalue weighted by molar-refractivity contribution is 5.76. The zero-order chi connectivity index (χ0) is 30.1. The number of nitrogens with one attached hydrogen (secondary N) is 2. The molecular formula is C27H27F6N7O2. The highest BCUT2D eigenvalue weighted by atomic mass is 19.4. The predicted molar refractivity (Wildman–Crippen MR) is 141 cm³/mol. The summed E-state index contributed by atoms with van der Waals surface area (Å²) < 4.78 is 79.7. The number of halogens is 6. The monoisotopic (exact) mass is 595 g/mol. The van der Waals surface area contributed by atoms with Crippen LogP contribution in [0, 0.1) is 0 Å². The fourth-order valence-electron chi connectivity index (χ4n) is 5.34. The van der Waals surface area contributed by atoms with Crippen molar-refractivity contribution in [2.24, 2.45) is 0 Å². The van der Waals surface area contributed by atoms with Crippen molar-refractivity contribution in [1.82, 2.24) is 25.4 Å². The van der Waals surface area contributed by atoms with Gasteiger partial charge in [0.05, 0.1) is 23.5 Å². The Balaban J connectivity index is 1.17. The Morgan fingerprint density at radius 3 is 2.38 bits per heavy atom. The molecule has 1 atom stereocenters. The van der Waals surface area contributed by atoms with Gasteiger partial charge in [0.1, 0.15) is 11.4 Å². The Labute approximate surface area is 236 Å². The molecular weight excluding hydrogens is 568 g/mol. The molecule has 4 heterocycles. The first-order valence-electron chi connectivity index (χ1n) is 13.2. The predicted octanol–water partition coefficient (Wildman–Crippen LogP) is 3.59. The van der Waals surface area contributed by atoms with Gasteiger partial charge in [0.2, 0.25) is 5.91 Å². The summed E-state index contributed by atoms with van der Waals surface area (Å²) in [6, 6.07) is 8.99. The van der Waals surface area contributed by atoms with Crippen molar-refractivity contribution in [3.8, 4) is 0 Å². The number of aromatic nitrogens is 3. The molecule has 2 aliphatic heterocycles. The van der Waals surface area contributed by atoms with Gasteiger partial charge in [0, 0.05) is 58.4 Å². The molecule has 1 amide bonds. The second-order valence-corrected chi connectivity index (χ2v) is 10.0. The summed E-state index contributed by atoms with van der Waals surface area (Å²) in [5.41, 5.74) is -2.12. The summed E-state index contributed by atoms with van der Waals surface area (Å²) in [7, 11) is 0. The van der Waals surface area contributed by atoms with E-state index < -0.39 is 35.1 Å². The number of pyridine rings is 1. The Morgan fingerprint density at radius 1 is 0.976 bits per heavy atom. The molecule has 9 nitrogen and oxygen atoms in total. The van der Waals surface area contributed by atoms with Crippen molar-refractivity contribution >= 4 is 17.4 Å². The number of hydrogen-bond acceptors (Lipinski definition) is 7. The van der Waals surface area contributed by atoms with Crippen LogP contribution in [0.3, 0.4) is 0 Å². The van der Waals surface area contributed by atoms with Gasteiger partial charge in [-0.2, -0.15) is 31.4 Å². The summed E-state index contributed by atoms with van der Waals surface area (Å²) in [5.74, 6) is 0.284. The van der Waals surface area contributed by atoms with Gasteiger partial charge in [-0.1, -0.05) is 24.3 Å². The second-order valence-electron chi connectivity index (χ2n) is 10.0. The quantitative estimate of drug-likeness (QED) is 0.318. The summed E-state index contributed by atoms with van der Waals surface area (Å²) in [5, 5.41) is 8.65. The molecule has 0 aliphatic carbocycles. The zero-order valence-corrected chi connectivity index (χ0v) is 22.2. The van der Waals surface area contributed by atoms with E-state index in [1.807, 2.05) is 22.1 Å². The van der Waals surface area contributed by atoms with Crippen LogP contribution >= 0.6 is 0 Å². The summed E-state index contributed by atoms with van der Waals surface area (Å²) >= 11 is 0. The number of carbonyl (C=O) groups is 1. The smallest absolute Gasteiger partial charge is 0.357 e. The number of amides is 1. The first-order chi connectivity index (χ1) is 19.9. The molecule has 0 saturated carbocycles. The van der Waals surface area contributed by atoms with Gasteiger partial charge in [0.25, 0.3) is 5.56 Å². The van der Waals surface area contributed by atoms with Crippen molar-refractivity contribution in [1.29, 1.82) is 0 Å². The van der Waals surface area contributed by atoms with Crippen LogP contribution in [-0.4, -0.2) is 65.3 Å². The third kappa shape index (κ3) is 6.20. The number of hydrogen-bond donors (Lipinski definition) is 2. The van der Waals surface area contributed by atoms with Crippen LogP contribution in [0.5, 0.6) is 0 Å². The summed E-state index contributed by atoms with van der Waals surface area (Å²) in [6.45, 7) is 2.23. The molecule has 0 spiro atoms. The zero-order valence-electron chi connectivity index (χ0n) is 22.2. The number of nitrogens with zero attached hydrogens (tertiary/aromatic N) is 5. The molecule has 0 unspecified atom stereocenters. The number of fused-ring (bicyclic) bond motifs is 1. The van der Waals surface area contributed by atoms with Crippen LogP contribution in [0.2, 0.25) is 0 Å². The van der Waals surface area contributed by atoms with Crippen LogP contribution in [0.15, 0.2) is 53.6 Å². The van der Waals surface area contributed by atoms with Gasteiger partial charge < -0.3 is 20.0 Å². The number of carbonyl (C=O) groups excluding carboxylic acids is 1. The normalized spacial score (nSPS) is 17.5. The van der Waals surface area contributed by atoms with Gasteiger partial charge in [-0.25, -0.2) is 10.1 Å². The van der Waals surface area contributed by atoms with Crippen LogP contribution in [0.1, 0.15) is 34.7 Å². The van der Waals surface area contributed by atoms with Crippen molar-refractivity contribution in [2.75, 3.05) is 49.1 Å². The van der Waals surface area contributed by atoms with E-state index in [4.69, 9.17) is 0 Å². The first-order valence-corrected chi connectivity index (χ1v) is 13.2. The Hall–Kier alpha value is -4.14. The minimum absolute atomic E-state index is 0.121. The van der Waals surface area contributed by atoms with E-state index in [-0.39, 0.29) is 37.6 Å². The number of alkyl halides is 6. The lowest BCUT2D eigenvalue weighted by molar-refractivity contribution is -0.139. The van der Waals surface area contributed by atoms with Gasteiger partial charge in [-0.3, -0.25) is 9.59 Å². The van der Waals surface area contributed by atoms with E-state index in [2.05, 4.69) is 15.4 Å². The van der Waals surface area contributed by atoms with E-state index in [9.17, 15) is 35.9 Å². The number of anilines is 2. The van der Waals surface area contributed by atoms with E-state index in [0.29, 0.717) is 32.0 Å². The summed E-state index contributed by atoms with van der Waals surface area (Å²) in [6.07, 6.45) is -7.40. The molecule has 2 aliphatic rings. The van der Waals surface area contributed by atoms with Crippen molar-refractivity contribution in [2.45, 2.75) is 31.4 Å². The molecule has 5 rings (SSSR count). The molecule has 1 saturated heterocycles. The molecule has 15 heteroatoms. The number of rotatable bonds is 7. The van der Waals surface area contributed by atoms with Gasteiger partial charge in [-0.05, 0) is 23.3 Å². The first kappa shape index (κ1) is 29.4. The minimum Gasteiger partial charge on any atom is -0.357 e. The molecule has 2 aromatic heterocycles. The van der Waals surface area contributed by atoms with E-state index in [0.717, 1.165) is 29.6 Å². The molecule has 224 valence electrons. The standard InChI is InChI=1S/C27H27F6N7O2/c28-26(29,30)18-5-6-22(35-13-18)38-9-11-39(12-10-38)23(41)7-8-34-14-20-19-4-2-1-3-17(19)16-40(20)21-15-36-37-25(42)24(21)27(31,32)33/h1-6,13,15,20,34H,7-12,14,16H2,(H,37,42)/t20-/m1/s1. The van der Waals surface area contributed by atoms with Gasteiger partial charge >= 0.3 is 12.4 Å². The second kappa shape index (κ2) is 11.6. The van der Waals surface area contributed by atoms with E-state index in [1.165, 1.54) is 11.0 Å². The van der Waals surface area contributed by atoms with E-state index >= 15 is 0 Å². The third-order valence-electron chi connectivity index (χ3n) is 7.44. The third-order valence-corrected chi connectivity index (χ3v) is 7.44. The van der Waals surface area contributed by atoms with Crippen LogP contribution < -0.4 is 20.7 Å². The van der Waals surface area contributed by atoms with Crippen LogP contribution in [0.25, 0.3) is 0 Å². The van der Waals surface area contributed by atoms with Gasteiger partial charge in [0.15, 0.2) is 0 Å². The lowest BCUT2D eigenvalue weighted by Gasteiger charge is -2.35. The number of aromatic amines is 1. The Bertz CT molecular complexity index is 1470. The van der Waals surface area contributed by atoms with Crippen LogP contribution in [-0.2, 0) is 23.7 Å². The Morgan fingerprint density at radius 2 is 1.71 bits per heavy atom. The molecule has 42 heavy (non-hydrogen) atoms. The molecule has 1 aromatic carbocycles. The lowest BCUT2D eigenvalue weighted by Crippen LogP contribution is -2.49. The maximum absolute atomic E-state index is 13.8.